The van der Waals surface area contributed by atoms with Crippen LogP contribution in [0.2, 0.25) is 0 Å². The van der Waals surface area contributed by atoms with Crippen molar-refractivity contribution in [2.45, 2.75) is 26.7 Å². The van der Waals surface area contributed by atoms with E-state index in [9.17, 15) is 0 Å². The van der Waals surface area contributed by atoms with Gasteiger partial charge in [0.2, 0.25) is 0 Å². The van der Waals surface area contributed by atoms with E-state index in [-0.39, 0.29) is 6.61 Å². The lowest BCUT2D eigenvalue weighted by molar-refractivity contribution is 0.149. The summed E-state index contributed by atoms with van der Waals surface area (Å²) in [6.07, 6.45) is 2.44. The molecule has 0 amide bonds. The smallest absolute Gasteiger partial charge is 0.0558 e. The Morgan fingerprint density at radius 1 is 1.43 bits per heavy atom. The van der Waals surface area contributed by atoms with E-state index < -0.39 is 0 Å². The van der Waals surface area contributed by atoms with Crippen molar-refractivity contribution in [3.05, 3.63) is 0 Å². The van der Waals surface area contributed by atoms with Crippen molar-refractivity contribution in [2.24, 2.45) is 5.41 Å². The monoisotopic (exact) mass is 202 g/mol. The largest absolute Gasteiger partial charge is 0.395 e. The third-order valence-corrected chi connectivity index (χ3v) is 2.59. The standard InChI is InChI=1S/C11H26N2O/c1-5-6-11(2,9-12-3)10-13(4)7-8-14/h12,14H,5-10H2,1-4H3. The predicted octanol–water partition coefficient (Wildman–Crippen LogP) is 0.936. The van der Waals surface area contributed by atoms with Crippen molar-refractivity contribution in [2.75, 3.05) is 40.3 Å². The average Bonchev–Trinajstić information content (AvgIpc) is 2.04. The van der Waals surface area contributed by atoms with Gasteiger partial charge in [0.1, 0.15) is 0 Å². The van der Waals surface area contributed by atoms with Gasteiger partial charge in [0.15, 0.2) is 0 Å². The van der Waals surface area contributed by atoms with Gasteiger partial charge in [-0.2, -0.15) is 0 Å². The molecule has 0 bridgehead atoms. The molecule has 0 heterocycles. The van der Waals surface area contributed by atoms with Crippen molar-refractivity contribution < 1.29 is 5.11 Å². The Labute approximate surface area is 88.5 Å². The Kier molecular flexibility index (Phi) is 7.15. The summed E-state index contributed by atoms with van der Waals surface area (Å²) in [4.78, 5) is 2.20. The van der Waals surface area contributed by atoms with Crippen LogP contribution >= 0.6 is 0 Å². The predicted molar refractivity (Wildman–Crippen MR) is 61.5 cm³/mol. The Morgan fingerprint density at radius 2 is 2.07 bits per heavy atom. The fraction of sp³-hybridized carbons (Fsp3) is 1.00. The number of aliphatic hydroxyl groups excluding tert-OH is 1. The minimum absolute atomic E-state index is 0.248. The molecule has 0 aliphatic heterocycles. The summed E-state index contributed by atoms with van der Waals surface area (Å²) in [5.41, 5.74) is 0.327. The van der Waals surface area contributed by atoms with Crippen LogP contribution in [-0.4, -0.2) is 50.3 Å². The average molecular weight is 202 g/mol. The molecule has 0 aromatic rings. The van der Waals surface area contributed by atoms with Crippen molar-refractivity contribution in [1.29, 1.82) is 0 Å². The molecule has 0 spiro atoms. The highest BCUT2D eigenvalue weighted by atomic mass is 16.3. The third kappa shape index (κ3) is 5.58. The number of nitrogens with one attached hydrogen (secondary N) is 1. The number of hydrogen-bond donors (Lipinski definition) is 2. The molecule has 86 valence electrons. The number of hydrogen-bond acceptors (Lipinski definition) is 3. The molecule has 3 heteroatoms. The van der Waals surface area contributed by atoms with Crippen LogP contribution in [0.4, 0.5) is 0 Å². The number of likely N-dealkylation sites (N-methyl/N-ethyl adjacent to an activating group) is 1. The summed E-state index contributed by atoms with van der Waals surface area (Å²) >= 11 is 0. The number of rotatable bonds is 8. The minimum atomic E-state index is 0.248. The molecule has 0 aliphatic rings. The summed E-state index contributed by atoms with van der Waals surface area (Å²) in [7, 11) is 4.07. The zero-order valence-electron chi connectivity index (χ0n) is 10.1. The van der Waals surface area contributed by atoms with E-state index >= 15 is 0 Å². The van der Waals surface area contributed by atoms with E-state index in [1.807, 2.05) is 7.05 Å². The topological polar surface area (TPSA) is 35.5 Å². The van der Waals surface area contributed by atoms with Gasteiger partial charge in [-0.3, -0.25) is 0 Å². The maximum absolute atomic E-state index is 8.84. The summed E-state index contributed by atoms with van der Waals surface area (Å²) in [5, 5.41) is 12.1. The van der Waals surface area contributed by atoms with Crippen molar-refractivity contribution >= 4 is 0 Å². The van der Waals surface area contributed by atoms with Crippen LogP contribution in [0.1, 0.15) is 26.7 Å². The molecule has 0 radical (unpaired) electrons. The lowest BCUT2D eigenvalue weighted by atomic mass is 9.85. The minimum Gasteiger partial charge on any atom is -0.395 e. The molecule has 2 N–H and O–H groups in total. The lowest BCUT2D eigenvalue weighted by Gasteiger charge is -2.33. The van der Waals surface area contributed by atoms with Crippen LogP contribution in [0.25, 0.3) is 0 Å². The van der Waals surface area contributed by atoms with E-state index in [0.717, 1.165) is 19.6 Å². The molecular weight excluding hydrogens is 176 g/mol. The van der Waals surface area contributed by atoms with Gasteiger partial charge in [-0.05, 0) is 25.9 Å². The Bertz CT molecular complexity index is 133. The maximum Gasteiger partial charge on any atom is 0.0558 e. The van der Waals surface area contributed by atoms with Gasteiger partial charge in [0, 0.05) is 19.6 Å². The molecule has 0 aliphatic carbocycles. The van der Waals surface area contributed by atoms with Gasteiger partial charge < -0.3 is 15.3 Å². The molecule has 1 unspecified atom stereocenters. The molecule has 14 heavy (non-hydrogen) atoms. The molecule has 0 rings (SSSR count). The molecule has 0 saturated carbocycles. The second-order valence-electron chi connectivity index (χ2n) is 4.55. The van der Waals surface area contributed by atoms with Crippen LogP contribution in [0.5, 0.6) is 0 Å². The normalized spacial score (nSPS) is 15.9. The first-order chi connectivity index (χ1) is 6.58. The van der Waals surface area contributed by atoms with E-state index in [2.05, 4.69) is 31.1 Å². The molecule has 0 aromatic heterocycles. The first kappa shape index (κ1) is 13.9. The fourth-order valence-electron chi connectivity index (χ4n) is 2.16. The highest BCUT2D eigenvalue weighted by Crippen LogP contribution is 2.23. The molecular formula is C11H26N2O. The van der Waals surface area contributed by atoms with Gasteiger partial charge in [0.05, 0.1) is 6.61 Å². The molecule has 0 saturated heterocycles. The molecule has 1 atom stereocenters. The Balaban J connectivity index is 4.05. The SMILES string of the molecule is CCCC(C)(CNC)CN(C)CCO. The van der Waals surface area contributed by atoms with E-state index in [4.69, 9.17) is 5.11 Å². The second kappa shape index (κ2) is 7.21. The number of nitrogens with zero attached hydrogens (tertiary/aromatic N) is 1. The van der Waals surface area contributed by atoms with E-state index in [0.29, 0.717) is 5.41 Å². The molecule has 3 nitrogen and oxygen atoms in total. The van der Waals surface area contributed by atoms with E-state index in [1.165, 1.54) is 12.8 Å². The number of aliphatic hydroxyl groups is 1. The van der Waals surface area contributed by atoms with Gasteiger partial charge in [-0.15, -0.1) is 0 Å². The maximum atomic E-state index is 8.84. The summed E-state index contributed by atoms with van der Waals surface area (Å²) in [6.45, 7) is 7.63. The quantitative estimate of drug-likeness (QED) is 0.615. The fourth-order valence-corrected chi connectivity index (χ4v) is 2.16. The van der Waals surface area contributed by atoms with Crippen LogP contribution in [-0.2, 0) is 0 Å². The van der Waals surface area contributed by atoms with E-state index in [1.54, 1.807) is 0 Å². The highest BCUT2D eigenvalue weighted by molar-refractivity contribution is 4.79. The van der Waals surface area contributed by atoms with Crippen LogP contribution in [0.15, 0.2) is 0 Å². The van der Waals surface area contributed by atoms with Gasteiger partial charge >= 0.3 is 0 Å². The first-order valence-electron chi connectivity index (χ1n) is 5.52. The van der Waals surface area contributed by atoms with Crippen molar-refractivity contribution in [3.63, 3.8) is 0 Å². The van der Waals surface area contributed by atoms with Crippen molar-refractivity contribution in [1.82, 2.24) is 10.2 Å². The summed E-state index contributed by atoms with van der Waals surface area (Å²) in [6, 6.07) is 0. The summed E-state index contributed by atoms with van der Waals surface area (Å²) in [5.74, 6) is 0. The van der Waals surface area contributed by atoms with Crippen LogP contribution < -0.4 is 5.32 Å². The molecule has 0 aromatic carbocycles. The van der Waals surface area contributed by atoms with Crippen molar-refractivity contribution in [3.8, 4) is 0 Å². The van der Waals surface area contributed by atoms with Gasteiger partial charge in [0.25, 0.3) is 0 Å². The lowest BCUT2D eigenvalue weighted by Crippen LogP contribution is -2.40. The Hall–Kier alpha value is -0.120. The third-order valence-electron chi connectivity index (χ3n) is 2.59. The van der Waals surface area contributed by atoms with Crippen LogP contribution in [0.3, 0.4) is 0 Å². The molecule has 0 fully saturated rings. The van der Waals surface area contributed by atoms with Gasteiger partial charge in [-0.25, -0.2) is 0 Å². The zero-order chi connectivity index (χ0) is 11.0. The second-order valence-corrected chi connectivity index (χ2v) is 4.55. The zero-order valence-corrected chi connectivity index (χ0v) is 10.1. The Morgan fingerprint density at radius 3 is 2.50 bits per heavy atom. The van der Waals surface area contributed by atoms with Gasteiger partial charge in [-0.1, -0.05) is 20.3 Å². The summed E-state index contributed by atoms with van der Waals surface area (Å²) < 4.78 is 0. The highest BCUT2D eigenvalue weighted by Gasteiger charge is 2.23. The van der Waals surface area contributed by atoms with Crippen LogP contribution in [0, 0.1) is 5.41 Å². The first-order valence-corrected chi connectivity index (χ1v) is 5.52.